The molecular weight excluding hydrogens is 342 g/mol. The van der Waals surface area contributed by atoms with Crippen molar-refractivity contribution < 1.29 is 19.2 Å². The molecule has 1 atom stereocenters. The second-order valence-electron chi connectivity index (χ2n) is 7.15. The minimum absolute atomic E-state index is 0.0583. The van der Waals surface area contributed by atoms with Crippen LogP contribution in [0.25, 0.3) is 0 Å². The number of nitrogens with zero attached hydrogens (tertiary/aromatic N) is 1. The molecule has 0 bridgehead atoms. The largest absolute Gasteiger partial charge is 0.454 e. The minimum Gasteiger partial charge on any atom is -0.454 e. The van der Waals surface area contributed by atoms with Gasteiger partial charge in [0.15, 0.2) is 18.0 Å². The predicted molar refractivity (Wildman–Crippen MR) is 103 cm³/mol. The van der Waals surface area contributed by atoms with Crippen molar-refractivity contribution >= 4 is 11.6 Å². The topological polar surface area (TPSA) is 55.2 Å². The van der Waals surface area contributed by atoms with Crippen molar-refractivity contribution in [3.8, 4) is 11.5 Å². The first-order valence-electron chi connectivity index (χ1n) is 9.51. The number of anilines is 1. The molecule has 1 amide bonds. The van der Waals surface area contributed by atoms with Crippen molar-refractivity contribution in [3.63, 3.8) is 0 Å². The molecule has 0 unspecified atom stereocenters. The second-order valence-corrected chi connectivity index (χ2v) is 7.15. The van der Waals surface area contributed by atoms with Gasteiger partial charge in [0.1, 0.15) is 0 Å². The second kappa shape index (κ2) is 7.88. The number of ether oxygens (including phenoxy) is 2. The summed E-state index contributed by atoms with van der Waals surface area (Å²) in [6.07, 6.45) is 0. The molecule has 0 radical (unpaired) electrons. The molecule has 142 valence electrons. The van der Waals surface area contributed by atoms with Crippen LogP contribution in [-0.4, -0.2) is 45.4 Å². The van der Waals surface area contributed by atoms with Gasteiger partial charge in [0.25, 0.3) is 5.91 Å². The number of carbonyl (C=O) groups is 1. The minimum atomic E-state index is -0.0583. The van der Waals surface area contributed by atoms with Gasteiger partial charge in [-0.1, -0.05) is 24.3 Å². The van der Waals surface area contributed by atoms with Crippen LogP contribution in [0.2, 0.25) is 0 Å². The molecule has 2 aromatic carbocycles. The SMILES string of the molecule is C[C@H](NC(=O)C[NH+]1CCN(c2ccccc2)CC1)c1ccc2c(c1)OCO2. The molecule has 27 heavy (non-hydrogen) atoms. The van der Waals surface area contributed by atoms with Crippen molar-refractivity contribution in [2.75, 3.05) is 44.4 Å². The van der Waals surface area contributed by atoms with E-state index < -0.39 is 0 Å². The summed E-state index contributed by atoms with van der Waals surface area (Å²) in [5.74, 6) is 1.59. The summed E-state index contributed by atoms with van der Waals surface area (Å²) in [5, 5.41) is 3.11. The molecule has 0 aromatic heterocycles. The molecule has 6 nitrogen and oxygen atoms in total. The van der Waals surface area contributed by atoms with Crippen LogP contribution in [0, 0.1) is 0 Å². The van der Waals surface area contributed by atoms with Crippen molar-refractivity contribution in [2.45, 2.75) is 13.0 Å². The Morgan fingerprint density at radius 1 is 1.11 bits per heavy atom. The van der Waals surface area contributed by atoms with Crippen LogP contribution in [0.15, 0.2) is 48.5 Å². The van der Waals surface area contributed by atoms with Gasteiger partial charge in [-0.15, -0.1) is 0 Å². The fourth-order valence-corrected chi connectivity index (χ4v) is 3.68. The number of hydrogen-bond acceptors (Lipinski definition) is 4. The van der Waals surface area contributed by atoms with Crippen LogP contribution in [0.3, 0.4) is 0 Å². The van der Waals surface area contributed by atoms with Gasteiger partial charge in [0.2, 0.25) is 6.79 Å². The molecule has 2 aliphatic heterocycles. The number of quaternary nitrogens is 1. The van der Waals surface area contributed by atoms with Crippen LogP contribution in [0.1, 0.15) is 18.5 Å². The fraction of sp³-hybridized carbons (Fsp3) is 0.381. The zero-order valence-electron chi connectivity index (χ0n) is 15.6. The highest BCUT2D eigenvalue weighted by Crippen LogP contribution is 2.34. The number of para-hydroxylation sites is 1. The first-order valence-corrected chi connectivity index (χ1v) is 9.51. The maximum atomic E-state index is 12.5. The fourth-order valence-electron chi connectivity index (χ4n) is 3.68. The number of rotatable bonds is 5. The molecule has 2 N–H and O–H groups in total. The van der Waals surface area contributed by atoms with E-state index in [4.69, 9.17) is 9.47 Å². The third-order valence-corrected chi connectivity index (χ3v) is 5.28. The van der Waals surface area contributed by atoms with Gasteiger partial charge in [-0.25, -0.2) is 0 Å². The summed E-state index contributed by atoms with van der Waals surface area (Å²) < 4.78 is 10.8. The Kier molecular flexibility index (Phi) is 5.16. The standard InChI is InChI=1S/C21H25N3O3/c1-16(17-7-8-19-20(13-17)27-15-26-19)22-21(25)14-23-9-11-24(12-10-23)18-5-3-2-4-6-18/h2-8,13,16H,9-12,14-15H2,1H3,(H,22,25)/p+1/t16-/m0/s1. The van der Waals surface area contributed by atoms with Crippen LogP contribution in [0.4, 0.5) is 5.69 Å². The Morgan fingerprint density at radius 2 is 1.85 bits per heavy atom. The average Bonchev–Trinajstić information content (AvgIpc) is 3.17. The maximum Gasteiger partial charge on any atom is 0.275 e. The van der Waals surface area contributed by atoms with Crippen LogP contribution in [0.5, 0.6) is 11.5 Å². The van der Waals surface area contributed by atoms with Gasteiger partial charge >= 0.3 is 0 Å². The lowest BCUT2D eigenvalue weighted by Crippen LogP contribution is -3.15. The molecular formula is C21H26N3O3+. The van der Waals surface area contributed by atoms with E-state index >= 15 is 0 Å². The molecule has 2 heterocycles. The van der Waals surface area contributed by atoms with E-state index in [1.165, 1.54) is 10.6 Å². The molecule has 1 fully saturated rings. The van der Waals surface area contributed by atoms with Crippen LogP contribution < -0.4 is 24.6 Å². The number of hydrogen-bond donors (Lipinski definition) is 2. The number of piperazine rings is 1. The van der Waals surface area contributed by atoms with E-state index in [0.29, 0.717) is 6.54 Å². The summed E-state index contributed by atoms with van der Waals surface area (Å²) in [5.41, 5.74) is 2.29. The Morgan fingerprint density at radius 3 is 2.63 bits per heavy atom. The number of benzene rings is 2. The highest BCUT2D eigenvalue weighted by molar-refractivity contribution is 5.77. The maximum absolute atomic E-state index is 12.5. The third-order valence-electron chi connectivity index (χ3n) is 5.28. The summed E-state index contributed by atoms with van der Waals surface area (Å²) in [7, 11) is 0. The van der Waals surface area contributed by atoms with E-state index in [1.54, 1.807) is 0 Å². The zero-order chi connectivity index (χ0) is 18.6. The van der Waals surface area contributed by atoms with Crippen molar-refractivity contribution in [3.05, 3.63) is 54.1 Å². The van der Waals surface area contributed by atoms with Gasteiger partial charge in [-0.2, -0.15) is 0 Å². The first kappa shape index (κ1) is 17.7. The number of nitrogens with one attached hydrogen (secondary N) is 2. The number of amides is 1. The van der Waals surface area contributed by atoms with Crippen molar-refractivity contribution in [1.82, 2.24) is 5.32 Å². The van der Waals surface area contributed by atoms with E-state index in [1.807, 2.05) is 31.2 Å². The molecule has 2 aliphatic rings. The lowest BCUT2D eigenvalue weighted by Gasteiger charge is -2.33. The lowest BCUT2D eigenvalue weighted by atomic mass is 10.1. The first-order chi connectivity index (χ1) is 13.2. The molecule has 1 saturated heterocycles. The van der Waals surface area contributed by atoms with Gasteiger partial charge < -0.3 is 24.6 Å². The highest BCUT2D eigenvalue weighted by atomic mass is 16.7. The van der Waals surface area contributed by atoms with E-state index in [-0.39, 0.29) is 18.7 Å². The number of fused-ring (bicyclic) bond motifs is 1. The summed E-state index contributed by atoms with van der Waals surface area (Å²) in [6.45, 7) is 6.67. The Bertz CT molecular complexity index is 789. The normalized spacial score (nSPS) is 17.6. The molecule has 0 saturated carbocycles. The van der Waals surface area contributed by atoms with E-state index in [9.17, 15) is 4.79 Å². The molecule has 0 aliphatic carbocycles. The molecule has 6 heteroatoms. The summed E-state index contributed by atoms with van der Waals surface area (Å²) in [6, 6.07) is 16.2. The number of carbonyl (C=O) groups excluding carboxylic acids is 1. The van der Waals surface area contributed by atoms with Crippen molar-refractivity contribution in [1.29, 1.82) is 0 Å². The van der Waals surface area contributed by atoms with Gasteiger partial charge in [0.05, 0.1) is 32.2 Å². The predicted octanol–water partition coefficient (Wildman–Crippen LogP) is 0.998. The third kappa shape index (κ3) is 4.17. The molecule has 2 aromatic rings. The smallest absolute Gasteiger partial charge is 0.275 e. The lowest BCUT2D eigenvalue weighted by molar-refractivity contribution is -0.892. The Balaban J connectivity index is 1.26. The van der Waals surface area contributed by atoms with Gasteiger partial charge in [-0.05, 0) is 36.8 Å². The zero-order valence-corrected chi connectivity index (χ0v) is 15.6. The van der Waals surface area contributed by atoms with E-state index in [2.05, 4.69) is 34.5 Å². The molecule has 0 spiro atoms. The highest BCUT2D eigenvalue weighted by Gasteiger charge is 2.23. The Hall–Kier alpha value is -2.73. The van der Waals surface area contributed by atoms with Crippen LogP contribution >= 0.6 is 0 Å². The summed E-state index contributed by atoms with van der Waals surface area (Å²) >= 11 is 0. The van der Waals surface area contributed by atoms with Crippen LogP contribution in [-0.2, 0) is 4.79 Å². The molecule has 4 rings (SSSR count). The average molecular weight is 368 g/mol. The van der Waals surface area contributed by atoms with Crippen molar-refractivity contribution in [2.24, 2.45) is 0 Å². The quantitative estimate of drug-likeness (QED) is 0.827. The van der Waals surface area contributed by atoms with E-state index in [0.717, 1.165) is 43.2 Å². The van der Waals surface area contributed by atoms with Gasteiger partial charge in [-0.3, -0.25) is 4.79 Å². The Labute approximate surface area is 159 Å². The summed E-state index contributed by atoms with van der Waals surface area (Å²) in [4.78, 5) is 16.2. The van der Waals surface area contributed by atoms with Gasteiger partial charge in [0, 0.05) is 5.69 Å². The monoisotopic (exact) mass is 368 g/mol.